The first-order valence-electron chi connectivity index (χ1n) is 11.0. The lowest BCUT2D eigenvalue weighted by Crippen LogP contribution is -2.49. The number of amides is 2. The monoisotopic (exact) mass is 508 g/mol. The van der Waals surface area contributed by atoms with Crippen LogP contribution in [0.1, 0.15) is 42.5 Å². The van der Waals surface area contributed by atoms with Gasteiger partial charge in [-0.15, -0.1) is 0 Å². The van der Waals surface area contributed by atoms with Crippen molar-refractivity contribution in [3.63, 3.8) is 0 Å². The van der Waals surface area contributed by atoms with Crippen LogP contribution in [0.25, 0.3) is 0 Å². The summed E-state index contributed by atoms with van der Waals surface area (Å²) in [5.41, 5.74) is 0.387. The van der Waals surface area contributed by atoms with E-state index in [1.54, 1.807) is 18.2 Å². The molecule has 0 saturated heterocycles. The Kier molecular flexibility index (Phi) is 7.58. The molecule has 0 spiro atoms. The number of rotatable bonds is 6. The summed E-state index contributed by atoms with van der Waals surface area (Å²) in [6.45, 7) is -0.239. The molecule has 1 atom stereocenters. The molecule has 0 aromatic heterocycles. The van der Waals surface area contributed by atoms with Crippen molar-refractivity contribution in [2.75, 3.05) is 6.61 Å². The van der Waals surface area contributed by atoms with E-state index in [0.717, 1.165) is 6.07 Å². The van der Waals surface area contributed by atoms with Crippen molar-refractivity contribution in [3.05, 3.63) is 57.8 Å². The Labute approximate surface area is 205 Å². The van der Waals surface area contributed by atoms with Gasteiger partial charge in [-0.2, -0.15) is 0 Å². The average molecular weight is 509 g/mol. The molecule has 2 amide bonds. The molecule has 7 nitrogen and oxygen atoms in total. The SMILES string of the molecule is O=C(COc1ccc(Cl)c(F)c1)N[C@H]1CC[C@H](NC(=O)C2CC(=O)c3cc(Cl)ccc3O2)CC1. The summed E-state index contributed by atoms with van der Waals surface area (Å²) in [5.74, 6) is -0.857. The molecule has 1 heterocycles. The van der Waals surface area contributed by atoms with E-state index in [-0.39, 0.29) is 53.5 Å². The highest BCUT2D eigenvalue weighted by atomic mass is 35.5. The lowest BCUT2D eigenvalue weighted by atomic mass is 9.90. The Bertz CT molecular complexity index is 1100. The zero-order valence-corrected chi connectivity index (χ0v) is 19.6. The second-order valence-corrected chi connectivity index (χ2v) is 9.21. The van der Waals surface area contributed by atoms with Gasteiger partial charge in [0.25, 0.3) is 11.8 Å². The molecule has 0 bridgehead atoms. The van der Waals surface area contributed by atoms with E-state index in [1.165, 1.54) is 12.1 Å². The topological polar surface area (TPSA) is 93.7 Å². The maximum Gasteiger partial charge on any atom is 0.261 e. The van der Waals surface area contributed by atoms with Crippen molar-refractivity contribution in [3.8, 4) is 11.5 Å². The number of ketones is 1. The Balaban J connectivity index is 1.20. The van der Waals surface area contributed by atoms with Crippen LogP contribution >= 0.6 is 23.2 Å². The molecule has 4 rings (SSSR count). The summed E-state index contributed by atoms with van der Waals surface area (Å²) >= 11 is 11.6. The molecule has 1 aliphatic heterocycles. The lowest BCUT2D eigenvalue weighted by Gasteiger charge is -2.31. The normalized spacial score (nSPS) is 21.7. The third-order valence-electron chi connectivity index (χ3n) is 5.87. The number of hydrogen-bond donors (Lipinski definition) is 2. The summed E-state index contributed by atoms with van der Waals surface area (Å²) in [4.78, 5) is 37.2. The first kappa shape index (κ1) is 24.3. The van der Waals surface area contributed by atoms with Gasteiger partial charge in [-0.25, -0.2) is 4.39 Å². The van der Waals surface area contributed by atoms with Gasteiger partial charge in [0.1, 0.15) is 17.3 Å². The first-order chi connectivity index (χ1) is 16.3. The minimum absolute atomic E-state index is 0.0166. The molecule has 34 heavy (non-hydrogen) atoms. The third kappa shape index (κ3) is 5.98. The number of carbonyl (C=O) groups excluding carboxylic acids is 3. The molecule has 180 valence electrons. The molecule has 2 aromatic carbocycles. The number of Topliss-reactive ketones (excluding diaryl/α,β-unsaturated/α-hetero) is 1. The summed E-state index contributed by atoms with van der Waals surface area (Å²) < 4.78 is 24.5. The van der Waals surface area contributed by atoms with Crippen LogP contribution in [0.2, 0.25) is 10.0 Å². The summed E-state index contributed by atoms with van der Waals surface area (Å²) in [6, 6.07) is 8.61. The Morgan fingerprint density at radius 3 is 2.44 bits per heavy atom. The fourth-order valence-electron chi connectivity index (χ4n) is 4.10. The minimum Gasteiger partial charge on any atom is -0.484 e. The van der Waals surface area contributed by atoms with Gasteiger partial charge in [-0.1, -0.05) is 23.2 Å². The maximum atomic E-state index is 13.4. The van der Waals surface area contributed by atoms with Crippen LogP contribution in [0.3, 0.4) is 0 Å². The van der Waals surface area contributed by atoms with E-state index in [4.69, 9.17) is 32.7 Å². The van der Waals surface area contributed by atoms with Crippen LogP contribution in [0.5, 0.6) is 11.5 Å². The number of benzene rings is 2. The van der Waals surface area contributed by atoms with Gasteiger partial charge >= 0.3 is 0 Å². The lowest BCUT2D eigenvalue weighted by molar-refractivity contribution is -0.129. The summed E-state index contributed by atoms with van der Waals surface area (Å²) in [6.07, 6.45) is 1.78. The van der Waals surface area contributed by atoms with E-state index in [0.29, 0.717) is 42.0 Å². The maximum absolute atomic E-state index is 13.4. The van der Waals surface area contributed by atoms with Crippen LogP contribution in [0, 0.1) is 5.82 Å². The van der Waals surface area contributed by atoms with Crippen molar-refractivity contribution in [1.82, 2.24) is 10.6 Å². The zero-order chi connectivity index (χ0) is 24.2. The van der Waals surface area contributed by atoms with Gasteiger partial charge in [0.2, 0.25) is 0 Å². The molecule has 2 aliphatic rings. The Morgan fingerprint density at radius 2 is 1.74 bits per heavy atom. The first-order valence-corrected chi connectivity index (χ1v) is 11.7. The fraction of sp³-hybridized carbons (Fsp3) is 0.375. The van der Waals surface area contributed by atoms with E-state index in [9.17, 15) is 18.8 Å². The summed E-state index contributed by atoms with van der Waals surface area (Å²) in [5, 5.41) is 6.27. The molecule has 2 aromatic rings. The van der Waals surface area contributed by atoms with Crippen molar-refractivity contribution in [1.29, 1.82) is 0 Å². The Hall–Kier alpha value is -2.84. The molecule has 1 unspecified atom stereocenters. The van der Waals surface area contributed by atoms with E-state index < -0.39 is 11.9 Å². The Morgan fingerprint density at radius 1 is 1.03 bits per heavy atom. The molecule has 1 saturated carbocycles. The highest BCUT2D eigenvalue weighted by Crippen LogP contribution is 2.30. The van der Waals surface area contributed by atoms with Gasteiger partial charge in [0, 0.05) is 23.2 Å². The molecule has 1 fully saturated rings. The fourth-order valence-corrected chi connectivity index (χ4v) is 4.39. The molecule has 10 heteroatoms. The van der Waals surface area contributed by atoms with Crippen LogP contribution in [0.4, 0.5) is 4.39 Å². The molecular formula is C24H23Cl2FN2O5. The number of fused-ring (bicyclic) bond motifs is 1. The number of ether oxygens (including phenoxy) is 2. The quantitative estimate of drug-likeness (QED) is 0.612. The summed E-state index contributed by atoms with van der Waals surface area (Å²) in [7, 11) is 0. The predicted octanol–water partition coefficient (Wildman–Crippen LogP) is 4.09. The van der Waals surface area contributed by atoms with Crippen LogP contribution in [-0.2, 0) is 9.59 Å². The van der Waals surface area contributed by atoms with Gasteiger partial charge < -0.3 is 20.1 Å². The van der Waals surface area contributed by atoms with Crippen molar-refractivity contribution in [2.24, 2.45) is 0 Å². The molecule has 1 aliphatic carbocycles. The number of carbonyl (C=O) groups is 3. The second-order valence-electron chi connectivity index (χ2n) is 8.36. The largest absolute Gasteiger partial charge is 0.484 e. The number of hydrogen-bond acceptors (Lipinski definition) is 5. The zero-order valence-electron chi connectivity index (χ0n) is 18.1. The van der Waals surface area contributed by atoms with Gasteiger partial charge in [-0.05, 0) is 56.0 Å². The van der Waals surface area contributed by atoms with Crippen molar-refractivity contribution >= 4 is 40.8 Å². The van der Waals surface area contributed by atoms with Crippen LogP contribution in [-0.4, -0.2) is 42.4 Å². The molecule has 0 radical (unpaired) electrons. The average Bonchev–Trinajstić information content (AvgIpc) is 2.81. The van der Waals surface area contributed by atoms with Crippen LogP contribution in [0.15, 0.2) is 36.4 Å². The van der Waals surface area contributed by atoms with Gasteiger partial charge in [0.15, 0.2) is 18.5 Å². The highest BCUT2D eigenvalue weighted by Gasteiger charge is 2.33. The van der Waals surface area contributed by atoms with Gasteiger partial charge in [0.05, 0.1) is 17.0 Å². The number of halogens is 3. The van der Waals surface area contributed by atoms with Crippen molar-refractivity contribution < 1.29 is 28.2 Å². The second kappa shape index (κ2) is 10.6. The smallest absolute Gasteiger partial charge is 0.261 e. The van der Waals surface area contributed by atoms with E-state index in [2.05, 4.69) is 10.6 Å². The van der Waals surface area contributed by atoms with E-state index >= 15 is 0 Å². The molecular weight excluding hydrogens is 486 g/mol. The van der Waals surface area contributed by atoms with Crippen LogP contribution < -0.4 is 20.1 Å². The van der Waals surface area contributed by atoms with Crippen molar-refractivity contribution in [2.45, 2.75) is 50.3 Å². The highest BCUT2D eigenvalue weighted by molar-refractivity contribution is 6.31. The third-order valence-corrected chi connectivity index (χ3v) is 6.42. The minimum atomic E-state index is -0.881. The standard InChI is InChI=1S/C24H23Cl2FN2O5/c25-13-1-8-21-17(9-13)20(30)11-22(34-21)24(32)29-15-4-2-14(3-5-15)28-23(31)12-33-16-6-7-18(26)19(27)10-16/h1,6-10,14-15,22H,2-5,11-12H2,(H,28,31)(H,29,32)/t14-,15-,22?. The predicted molar refractivity (Wildman–Crippen MR) is 124 cm³/mol. The van der Waals surface area contributed by atoms with E-state index in [1.807, 2.05) is 0 Å². The van der Waals surface area contributed by atoms with Gasteiger partial charge in [-0.3, -0.25) is 14.4 Å². The number of nitrogens with one attached hydrogen (secondary N) is 2. The molecule has 2 N–H and O–H groups in total.